The van der Waals surface area contributed by atoms with Crippen molar-refractivity contribution in [2.24, 2.45) is 17.6 Å². The largest absolute Gasteiger partial charge is 0.395 e. The Balaban J connectivity index is 1.94. The summed E-state index contributed by atoms with van der Waals surface area (Å²) in [6, 6.07) is 0.249. The Morgan fingerprint density at radius 1 is 1.41 bits per heavy atom. The molecule has 2 rings (SSSR count). The number of hydrogen-bond acceptors (Lipinski definition) is 4. The molecule has 1 saturated heterocycles. The van der Waals surface area contributed by atoms with E-state index in [1.54, 1.807) is 7.11 Å². The number of aliphatic hydroxyl groups is 1. The van der Waals surface area contributed by atoms with Crippen molar-refractivity contribution in [2.45, 2.75) is 44.4 Å². The molecule has 1 heterocycles. The normalized spacial score (nSPS) is 34.6. The van der Waals surface area contributed by atoms with Crippen molar-refractivity contribution < 1.29 is 9.84 Å². The number of ether oxygens (including phenoxy) is 1. The molecule has 0 bridgehead atoms. The molecule has 0 spiro atoms. The number of nitrogens with zero attached hydrogens (tertiary/aromatic N) is 1. The number of methoxy groups -OCH3 is 1. The Bertz CT molecular complexity index is 246. The second-order valence-corrected chi connectivity index (χ2v) is 5.70. The van der Waals surface area contributed by atoms with Crippen molar-refractivity contribution in [1.82, 2.24) is 4.90 Å². The lowest BCUT2D eigenvalue weighted by Crippen LogP contribution is -2.56. The van der Waals surface area contributed by atoms with E-state index in [0.29, 0.717) is 11.8 Å². The van der Waals surface area contributed by atoms with E-state index in [0.717, 1.165) is 19.5 Å². The van der Waals surface area contributed by atoms with Gasteiger partial charge in [0.15, 0.2) is 0 Å². The fraction of sp³-hybridized carbons (Fsp3) is 1.00. The van der Waals surface area contributed by atoms with Crippen LogP contribution >= 0.6 is 0 Å². The van der Waals surface area contributed by atoms with E-state index in [1.807, 2.05) is 0 Å². The summed E-state index contributed by atoms with van der Waals surface area (Å²) in [5.74, 6) is 1.24. The van der Waals surface area contributed by atoms with Crippen LogP contribution in [0.1, 0.15) is 26.2 Å². The monoisotopic (exact) mass is 242 g/mol. The Morgan fingerprint density at radius 3 is 2.65 bits per heavy atom. The molecule has 0 amide bonds. The molecule has 1 aliphatic heterocycles. The molecule has 4 heteroatoms. The first-order valence-electron chi connectivity index (χ1n) is 6.80. The van der Waals surface area contributed by atoms with Gasteiger partial charge in [0.05, 0.1) is 12.7 Å². The van der Waals surface area contributed by atoms with Gasteiger partial charge < -0.3 is 15.6 Å². The molecule has 0 aromatic rings. The van der Waals surface area contributed by atoms with Crippen LogP contribution in [0.3, 0.4) is 0 Å². The van der Waals surface area contributed by atoms with Crippen molar-refractivity contribution in [2.75, 3.05) is 26.8 Å². The highest BCUT2D eigenvalue weighted by atomic mass is 16.5. The zero-order chi connectivity index (χ0) is 12.4. The number of likely N-dealkylation sites (tertiary alicyclic amines) is 1. The van der Waals surface area contributed by atoms with Gasteiger partial charge in [-0.2, -0.15) is 0 Å². The maximum atomic E-state index is 9.59. The van der Waals surface area contributed by atoms with Crippen molar-refractivity contribution in [3.63, 3.8) is 0 Å². The van der Waals surface area contributed by atoms with Gasteiger partial charge in [-0.1, -0.05) is 6.92 Å². The molecular formula is C13H26N2O2. The van der Waals surface area contributed by atoms with Gasteiger partial charge in [0.1, 0.15) is 0 Å². The standard InChI is InChI=1S/C13H26N2O2/c1-9-5-6-15(7-12(9)17-2)11(8-16)13(14)10-3-4-10/h9-13,16H,3-8,14H2,1-2H3. The number of nitrogens with two attached hydrogens (primary N) is 1. The maximum Gasteiger partial charge on any atom is 0.0724 e. The number of hydrogen-bond donors (Lipinski definition) is 2. The highest BCUT2D eigenvalue weighted by Gasteiger charge is 2.38. The number of piperidine rings is 1. The highest BCUT2D eigenvalue weighted by molar-refractivity contribution is 4.95. The van der Waals surface area contributed by atoms with Gasteiger partial charge in [-0.3, -0.25) is 4.90 Å². The van der Waals surface area contributed by atoms with Gasteiger partial charge in [-0.05, 0) is 37.6 Å². The van der Waals surface area contributed by atoms with E-state index < -0.39 is 0 Å². The summed E-state index contributed by atoms with van der Waals surface area (Å²) < 4.78 is 5.52. The third kappa shape index (κ3) is 2.99. The zero-order valence-corrected chi connectivity index (χ0v) is 11.0. The summed E-state index contributed by atoms with van der Waals surface area (Å²) in [6.45, 7) is 4.35. The van der Waals surface area contributed by atoms with Crippen LogP contribution in [0, 0.1) is 11.8 Å². The fourth-order valence-electron chi connectivity index (χ4n) is 2.94. The highest BCUT2D eigenvalue weighted by Crippen LogP contribution is 2.34. The smallest absolute Gasteiger partial charge is 0.0724 e. The summed E-state index contributed by atoms with van der Waals surface area (Å²) in [5, 5.41) is 9.59. The van der Waals surface area contributed by atoms with Crippen LogP contribution in [0.25, 0.3) is 0 Å². The van der Waals surface area contributed by atoms with Crippen molar-refractivity contribution in [3.8, 4) is 0 Å². The van der Waals surface area contributed by atoms with E-state index >= 15 is 0 Å². The van der Waals surface area contributed by atoms with Crippen LogP contribution in [0.15, 0.2) is 0 Å². The first-order valence-corrected chi connectivity index (χ1v) is 6.80. The second kappa shape index (κ2) is 5.65. The van der Waals surface area contributed by atoms with Crippen molar-refractivity contribution >= 4 is 0 Å². The maximum absolute atomic E-state index is 9.59. The molecule has 0 radical (unpaired) electrons. The summed E-state index contributed by atoms with van der Waals surface area (Å²) >= 11 is 0. The molecule has 3 N–H and O–H groups in total. The quantitative estimate of drug-likeness (QED) is 0.734. The SMILES string of the molecule is COC1CN(C(CO)C(N)C2CC2)CCC1C. The van der Waals surface area contributed by atoms with Gasteiger partial charge in [-0.15, -0.1) is 0 Å². The van der Waals surface area contributed by atoms with Crippen molar-refractivity contribution in [3.05, 3.63) is 0 Å². The molecular weight excluding hydrogens is 216 g/mol. The lowest BCUT2D eigenvalue weighted by atomic mass is 9.92. The van der Waals surface area contributed by atoms with Crippen LogP contribution < -0.4 is 5.73 Å². The summed E-state index contributed by atoms with van der Waals surface area (Å²) in [4.78, 5) is 2.33. The van der Waals surface area contributed by atoms with Gasteiger partial charge in [-0.25, -0.2) is 0 Å². The summed E-state index contributed by atoms with van der Waals surface area (Å²) in [6.07, 6.45) is 3.88. The molecule has 100 valence electrons. The predicted octanol–water partition coefficient (Wildman–Crippen LogP) is 0.441. The predicted molar refractivity (Wildman–Crippen MR) is 67.7 cm³/mol. The van der Waals surface area contributed by atoms with E-state index in [-0.39, 0.29) is 24.8 Å². The fourth-order valence-corrected chi connectivity index (χ4v) is 2.94. The van der Waals surface area contributed by atoms with Crippen LogP contribution in [0.2, 0.25) is 0 Å². The summed E-state index contributed by atoms with van der Waals surface area (Å²) in [7, 11) is 1.78. The average molecular weight is 242 g/mol. The van der Waals surface area contributed by atoms with Gasteiger partial charge in [0, 0.05) is 25.7 Å². The minimum absolute atomic E-state index is 0.118. The molecule has 0 aromatic carbocycles. The van der Waals surface area contributed by atoms with Crippen LogP contribution in [-0.2, 0) is 4.74 Å². The number of aliphatic hydroxyl groups excluding tert-OH is 1. The topological polar surface area (TPSA) is 58.7 Å². The second-order valence-electron chi connectivity index (χ2n) is 5.70. The van der Waals surface area contributed by atoms with E-state index in [2.05, 4.69) is 11.8 Å². The zero-order valence-electron chi connectivity index (χ0n) is 11.0. The Kier molecular flexibility index (Phi) is 4.42. The minimum atomic E-state index is 0.118. The molecule has 4 unspecified atom stereocenters. The molecule has 2 aliphatic rings. The van der Waals surface area contributed by atoms with Gasteiger partial charge >= 0.3 is 0 Å². The Hall–Kier alpha value is -0.160. The Labute approximate surface area is 104 Å². The van der Waals surface area contributed by atoms with Crippen LogP contribution in [0.4, 0.5) is 0 Å². The van der Waals surface area contributed by atoms with Crippen LogP contribution in [-0.4, -0.2) is 55.0 Å². The lowest BCUT2D eigenvalue weighted by molar-refractivity contribution is -0.0327. The van der Waals surface area contributed by atoms with E-state index in [9.17, 15) is 5.11 Å². The third-order valence-electron chi connectivity index (χ3n) is 4.49. The number of rotatable bonds is 5. The molecule has 2 fully saturated rings. The van der Waals surface area contributed by atoms with Crippen molar-refractivity contribution in [1.29, 1.82) is 0 Å². The molecule has 1 saturated carbocycles. The van der Waals surface area contributed by atoms with Crippen LogP contribution in [0.5, 0.6) is 0 Å². The van der Waals surface area contributed by atoms with Gasteiger partial charge in [0.25, 0.3) is 0 Å². The average Bonchev–Trinajstić information content (AvgIpc) is 3.16. The first-order chi connectivity index (χ1) is 8.17. The lowest BCUT2D eigenvalue weighted by Gasteiger charge is -2.42. The first kappa shape index (κ1) is 13.3. The molecule has 0 aromatic heterocycles. The van der Waals surface area contributed by atoms with E-state index in [1.165, 1.54) is 12.8 Å². The molecule has 1 aliphatic carbocycles. The molecule has 4 atom stereocenters. The Morgan fingerprint density at radius 2 is 2.12 bits per heavy atom. The minimum Gasteiger partial charge on any atom is -0.395 e. The molecule has 4 nitrogen and oxygen atoms in total. The molecule has 17 heavy (non-hydrogen) atoms. The van der Waals surface area contributed by atoms with Gasteiger partial charge in [0.2, 0.25) is 0 Å². The summed E-state index contributed by atoms with van der Waals surface area (Å²) in [5.41, 5.74) is 6.24. The third-order valence-corrected chi connectivity index (χ3v) is 4.49. The van der Waals surface area contributed by atoms with E-state index in [4.69, 9.17) is 10.5 Å².